The molecule has 6 N–H and O–H groups in total. The van der Waals surface area contributed by atoms with Gasteiger partial charge >= 0.3 is 6.03 Å². The van der Waals surface area contributed by atoms with Gasteiger partial charge in [-0.2, -0.15) is 5.01 Å². The Morgan fingerprint density at radius 3 is 2.15 bits per heavy atom. The summed E-state index contributed by atoms with van der Waals surface area (Å²) in [4.78, 5) is 47.7. The molecule has 4 amide bonds. The number of carbonyl (C=O) groups excluding carboxylic acids is 3. The van der Waals surface area contributed by atoms with Gasteiger partial charge < -0.3 is 30.8 Å². The molecule has 0 bridgehead atoms. The van der Waals surface area contributed by atoms with E-state index < -0.39 is 11.9 Å². The second-order valence-electron chi connectivity index (χ2n) is 6.76. The van der Waals surface area contributed by atoms with E-state index in [0.29, 0.717) is 16.4 Å². The minimum absolute atomic E-state index is 0. The smallest absolute Gasteiger partial charge is 0.344 e. The van der Waals surface area contributed by atoms with Crippen molar-refractivity contribution in [2.24, 2.45) is 25.1 Å². The summed E-state index contributed by atoms with van der Waals surface area (Å²) in [6, 6.07) is 2.16. The lowest BCUT2D eigenvalue weighted by atomic mass is 10.3. The first kappa shape index (κ1) is 27.5. The molecule has 2 aromatic rings. The third-order valence-electron chi connectivity index (χ3n) is 4.29. The summed E-state index contributed by atoms with van der Waals surface area (Å²) >= 11 is 5.52. The van der Waals surface area contributed by atoms with Gasteiger partial charge in [0, 0.05) is 45.3 Å². The predicted molar refractivity (Wildman–Crippen MR) is 127 cm³/mol. The van der Waals surface area contributed by atoms with Crippen LogP contribution in [0.3, 0.4) is 0 Å². The van der Waals surface area contributed by atoms with Gasteiger partial charge in [-0.1, -0.05) is 0 Å². The summed E-state index contributed by atoms with van der Waals surface area (Å²) in [7, 11) is 3.26. The first-order chi connectivity index (χ1) is 15.2. The number of halogens is 2. The minimum atomic E-state index is -0.776. The molecule has 2 rings (SSSR count). The molecule has 0 atom stereocenters. The van der Waals surface area contributed by atoms with Crippen LogP contribution in [0.15, 0.2) is 29.8 Å². The van der Waals surface area contributed by atoms with Crippen molar-refractivity contribution >= 4 is 59.1 Å². The normalized spacial score (nSPS) is 10.0. The number of amides is 4. The van der Waals surface area contributed by atoms with E-state index in [0.717, 1.165) is 0 Å². The van der Waals surface area contributed by atoms with Crippen molar-refractivity contribution in [1.82, 2.24) is 19.5 Å². The molecule has 2 heterocycles. The molecule has 0 unspecified atom stereocenters. The zero-order valence-corrected chi connectivity index (χ0v) is 19.5. The van der Waals surface area contributed by atoms with Crippen LogP contribution < -0.4 is 21.7 Å². The monoisotopic (exact) mass is 501 g/mol. The van der Waals surface area contributed by atoms with Crippen molar-refractivity contribution in [3.05, 3.63) is 40.8 Å². The van der Waals surface area contributed by atoms with E-state index >= 15 is 0 Å². The second kappa shape index (κ2) is 12.5. The van der Waals surface area contributed by atoms with Gasteiger partial charge in [0.1, 0.15) is 11.4 Å². The minimum Gasteiger partial charge on any atom is -0.388 e. The average molecular weight is 502 g/mol. The molecule has 13 nitrogen and oxygen atoms in total. The Morgan fingerprint density at radius 2 is 1.64 bits per heavy atom. The first-order valence-electron chi connectivity index (χ1n) is 9.39. The molecular weight excluding hydrogens is 477 g/mol. The Labute approximate surface area is 200 Å². The van der Waals surface area contributed by atoms with Crippen molar-refractivity contribution < 1.29 is 14.4 Å². The number of anilines is 2. The van der Waals surface area contributed by atoms with Crippen molar-refractivity contribution in [3.63, 3.8) is 0 Å². The van der Waals surface area contributed by atoms with Gasteiger partial charge in [-0.15, -0.1) is 28.9 Å². The number of rotatable bonds is 10. The summed E-state index contributed by atoms with van der Waals surface area (Å²) in [5.74, 6) is -0.843. The Hall–Kier alpha value is -3.58. The summed E-state index contributed by atoms with van der Waals surface area (Å²) < 4.78 is 3.04. The van der Waals surface area contributed by atoms with Crippen molar-refractivity contribution in [3.8, 4) is 0 Å². The number of aryl methyl sites for hydroxylation is 2. The van der Waals surface area contributed by atoms with E-state index in [9.17, 15) is 19.3 Å². The summed E-state index contributed by atoms with van der Waals surface area (Å²) in [5.41, 5.74) is 6.47. The van der Waals surface area contributed by atoms with Crippen LogP contribution in [-0.4, -0.2) is 56.8 Å². The standard InChI is InChI=1S/C18H24ClN9O4.ClH/c1-26-9-11(7-13(26)16(29)22-5-3-15(20)21)23-17(30)14-8-12(10-27(14)2)24-18(31)28(25-32)6-4-19;/h7-10H,3-6H2,1-2H3,(H3,20,21)(H,22,29)(H,23,30)(H,24,31);1H. The summed E-state index contributed by atoms with van der Waals surface area (Å²) in [6.07, 6.45) is 3.30. The van der Waals surface area contributed by atoms with Crippen LogP contribution in [0.25, 0.3) is 0 Å². The Balaban J connectivity index is 0.00000544. The van der Waals surface area contributed by atoms with Crippen LogP contribution in [0, 0.1) is 10.3 Å². The topological polar surface area (TPSA) is 180 Å². The van der Waals surface area contributed by atoms with Gasteiger partial charge in [-0.25, -0.2) is 4.79 Å². The number of aromatic nitrogens is 2. The van der Waals surface area contributed by atoms with Crippen molar-refractivity contribution in [2.75, 3.05) is 29.6 Å². The number of hydrogen-bond donors (Lipinski definition) is 5. The number of carbonyl (C=O) groups is 3. The van der Waals surface area contributed by atoms with E-state index in [2.05, 4.69) is 21.2 Å². The van der Waals surface area contributed by atoms with Crippen LogP contribution in [0.2, 0.25) is 0 Å². The summed E-state index contributed by atoms with van der Waals surface area (Å²) in [6.45, 7) is 0.163. The van der Waals surface area contributed by atoms with Crippen molar-refractivity contribution in [2.45, 2.75) is 6.42 Å². The lowest BCUT2D eigenvalue weighted by Crippen LogP contribution is -2.31. The molecular formula is C18H25Cl2N9O4. The number of nitrogens with two attached hydrogens (primary N) is 1. The molecule has 0 aliphatic heterocycles. The molecule has 0 saturated heterocycles. The molecule has 180 valence electrons. The van der Waals surface area contributed by atoms with Gasteiger partial charge in [-0.05, 0) is 12.1 Å². The van der Waals surface area contributed by atoms with Gasteiger partial charge in [0.25, 0.3) is 11.8 Å². The molecule has 0 aromatic carbocycles. The highest BCUT2D eigenvalue weighted by Crippen LogP contribution is 2.18. The number of urea groups is 1. The Kier molecular flexibility index (Phi) is 10.4. The fourth-order valence-electron chi connectivity index (χ4n) is 2.76. The van der Waals surface area contributed by atoms with Crippen LogP contribution in [-0.2, 0) is 14.1 Å². The molecule has 33 heavy (non-hydrogen) atoms. The first-order valence-corrected chi connectivity index (χ1v) is 9.92. The van der Waals surface area contributed by atoms with Gasteiger partial charge in [0.15, 0.2) is 0 Å². The lowest BCUT2D eigenvalue weighted by molar-refractivity contribution is 0.0945. The SMILES string of the molecule is Cl.Cn1cc(NC(=O)c2cc(NC(=O)N(CCCl)N=O)cn2C)cc1C(=O)NCCC(=N)N. The average Bonchev–Trinajstić information content (AvgIpc) is 3.27. The van der Waals surface area contributed by atoms with E-state index in [1.165, 1.54) is 22.9 Å². The number of nitrogens with one attached hydrogen (secondary N) is 4. The van der Waals surface area contributed by atoms with Crippen molar-refractivity contribution in [1.29, 1.82) is 5.41 Å². The third kappa shape index (κ3) is 7.50. The fraction of sp³-hybridized carbons (Fsp3) is 0.333. The molecule has 15 heteroatoms. The van der Waals surface area contributed by atoms with E-state index in [4.69, 9.17) is 22.7 Å². The third-order valence-corrected chi connectivity index (χ3v) is 4.46. The Bertz CT molecular complexity index is 1030. The predicted octanol–water partition coefficient (Wildman–Crippen LogP) is 1.85. The maximum atomic E-state index is 12.7. The molecule has 0 radical (unpaired) electrons. The number of alkyl halides is 1. The number of hydrogen-bond acceptors (Lipinski definition) is 6. The highest BCUT2D eigenvalue weighted by atomic mass is 35.5. The van der Waals surface area contributed by atoms with Crippen LogP contribution in [0.1, 0.15) is 27.4 Å². The zero-order chi connectivity index (χ0) is 23.8. The fourth-order valence-corrected chi connectivity index (χ4v) is 2.92. The second-order valence-corrected chi connectivity index (χ2v) is 7.14. The quantitative estimate of drug-likeness (QED) is 0.109. The molecule has 2 aromatic heterocycles. The Morgan fingerprint density at radius 1 is 1.09 bits per heavy atom. The number of nitrogens with zero attached hydrogens (tertiary/aromatic N) is 4. The van der Waals surface area contributed by atoms with Gasteiger partial charge in [0.05, 0.1) is 29.0 Å². The molecule has 0 aliphatic rings. The van der Waals surface area contributed by atoms with E-state index in [1.807, 2.05) is 0 Å². The van der Waals surface area contributed by atoms with Crippen LogP contribution in [0.5, 0.6) is 0 Å². The zero-order valence-electron chi connectivity index (χ0n) is 17.9. The number of amidine groups is 1. The van der Waals surface area contributed by atoms with Crippen LogP contribution in [0.4, 0.5) is 16.2 Å². The van der Waals surface area contributed by atoms with E-state index in [-0.39, 0.29) is 60.9 Å². The maximum Gasteiger partial charge on any atom is 0.344 e. The molecule has 0 fully saturated rings. The molecule has 0 aliphatic carbocycles. The molecule has 0 saturated carbocycles. The van der Waals surface area contributed by atoms with Gasteiger partial charge in [-0.3, -0.25) is 15.0 Å². The molecule has 0 spiro atoms. The lowest BCUT2D eigenvalue weighted by Gasteiger charge is -2.11. The summed E-state index contributed by atoms with van der Waals surface area (Å²) in [5, 5.41) is 18.2. The number of nitroso groups, excluding NO2 is 1. The van der Waals surface area contributed by atoms with Crippen LogP contribution >= 0.6 is 24.0 Å². The van der Waals surface area contributed by atoms with Gasteiger partial charge in [0.2, 0.25) is 0 Å². The highest BCUT2D eigenvalue weighted by Gasteiger charge is 2.19. The van der Waals surface area contributed by atoms with E-state index in [1.54, 1.807) is 24.9 Å². The highest BCUT2D eigenvalue weighted by molar-refractivity contribution is 6.18. The maximum absolute atomic E-state index is 12.7. The largest absolute Gasteiger partial charge is 0.388 e.